The highest BCUT2D eigenvalue weighted by molar-refractivity contribution is 8.00. The highest BCUT2D eigenvalue weighted by Crippen LogP contribution is 2.21. The van der Waals surface area contributed by atoms with Crippen LogP contribution in [-0.4, -0.2) is 28.3 Å². The largest absolute Gasteiger partial charge is 0.480 e. The van der Waals surface area contributed by atoms with E-state index in [1.807, 2.05) is 0 Å². The Morgan fingerprint density at radius 2 is 2.05 bits per heavy atom. The van der Waals surface area contributed by atoms with Crippen LogP contribution in [0.3, 0.4) is 0 Å². The van der Waals surface area contributed by atoms with Gasteiger partial charge in [0.1, 0.15) is 11.4 Å². The summed E-state index contributed by atoms with van der Waals surface area (Å²) >= 11 is 1.04. The molecular formula is C13H16FNO3S. The van der Waals surface area contributed by atoms with Crippen molar-refractivity contribution in [1.29, 1.82) is 0 Å². The van der Waals surface area contributed by atoms with Crippen molar-refractivity contribution in [3.05, 3.63) is 30.1 Å². The van der Waals surface area contributed by atoms with Crippen LogP contribution >= 0.6 is 11.8 Å². The zero-order valence-electron chi connectivity index (χ0n) is 10.8. The van der Waals surface area contributed by atoms with E-state index < -0.39 is 23.2 Å². The van der Waals surface area contributed by atoms with Crippen molar-refractivity contribution in [2.45, 2.75) is 30.7 Å². The Balaban J connectivity index is 2.57. The molecule has 0 fully saturated rings. The maximum absolute atomic E-state index is 13.3. The Bertz CT molecular complexity index is 481. The first-order chi connectivity index (χ1) is 8.89. The second-order valence-corrected chi connectivity index (χ2v) is 5.28. The van der Waals surface area contributed by atoms with Crippen LogP contribution in [0.1, 0.15) is 20.3 Å². The second-order valence-electron chi connectivity index (χ2n) is 4.26. The number of carboxylic acid groups (broad SMARTS) is 1. The van der Waals surface area contributed by atoms with Gasteiger partial charge in [-0.25, -0.2) is 9.18 Å². The molecule has 0 spiro atoms. The summed E-state index contributed by atoms with van der Waals surface area (Å²) in [6.45, 7) is 3.12. The second kappa shape index (κ2) is 6.56. The average molecular weight is 285 g/mol. The topological polar surface area (TPSA) is 66.4 Å². The number of halogens is 1. The molecule has 6 heteroatoms. The minimum atomic E-state index is -1.28. The first kappa shape index (κ1) is 15.5. The molecule has 104 valence electrons. The van der Waals surface area contributed by atoms with Crippen LogP contribution in [0, 0.1) is 5.82 Å². The number of rotatable bonds is 6. The molecule has 0 aliphatic rings. The quantitative estimate of drug-likeness (QED) is 0.787. The fourth-order valence-electron chi connectivity index (χ4n) is 1.34. The normalized spacial score (nSPS) is 13.6. The summed E-state index contributed by atoms with van der Waals surface area (Å²) in [6.07, 6.45) is 0.276. The van der Waals surface area contributed by atoms with Crippen molar-refractivity contribution in [2.75, 3.05) is 5.75 Å². The fourth-order valence-corrected chi connectivity index (χ4v) is 2.08. The average Bonchev–Trinajstić information content (AvgIpc) is 2.37. The standard InChI is InChI=1S/C13H16FNO3S/c1-3-13(2,12(17)18)15-11(16)8-19-10-7-5-4-6-9(10)14/h4-7H,3,8H2,1-2H3,(H,15,16)(H,17,18). The lowest BCUT2D eigenvalue weighted by atomic mass is 9.99. The molecule has 1 rings (SSSR count). The molecule has 4 nitrogen and oxygen atoms in total. The predicted molar refractivity (Wildman–Crippen MR) is 71.6 cm³/mol. The van der Waals surface area contributed by atoms with Gasteiger partial charge >= 0.3 is 5.97 Å². The van der Waals surface area contributed by atoms with Crippen molar-refractivity contribution >= 4 is 23.6 Å². The van der Waals surface area contributed by atoms with Gasteiger partial charge in [0, 0.05) is 4.90 Å². The molecule has 1 atom stereocenters. The highest BCUT2D eigenvalue weighted by Gasteiger charge is 2.32. The summed E-state index contributed by atoms with van der Waals surface area (Å²) in [4.78, 5) is 23.1. The number of aliphatic carboxylic acids is 1. The number of thioether (sulfide) groups is 1. The Kier molecular flexibility index (Phi) is 5.35. The summed E-state index contributed by atoms with van der Waals surface area (Å²) in [5.74, 6) is -1.93. The molecule has 0 radical (unpaired) electrons. The number of nitrogens with one attached hydrogen (secondary N) is 1. The monoisotopic (exact) mass is 285 g/mol. The first-order valence-corrected chi connectivity index (χ1v) is 6.79. The van der Waals surface area contributed by atoms with E-state index in [1.54, 1.807) is 25.1 Å². The van der Waals surface area contributed by atoms with Crippen LogP contribution in [0.5, 0.6) is 0 Å². The van der Waals surface area contributed by atoms with E-state index in [9.17, 15) is 14.0 Å². The smallest absolute Gasteiger partial charge is 0.329 e. The molecule has 19 heavy (non-hydrogen) atoms. The zero-order chi connectivity index (χ0) is 14.5. The first-order valence-electron chi connectivity index (χ1n) is 5.81. The Morgan fingerprint density at radius 1 is 1.42 bits per heavy atom. The summed E-state index contributed by atoms with van der Waals surface area (Å²) in [5.41, 5.74) is -1.28. The van der Waals surface area contributed by atoms with Gasteiger partial charge in [-0.05, 0) is 25.5 Å². The lowest BCUT2D eigenvalue weighted by molar-refractivity contribution is -0.146. The van der Waals surface area contributed by atoms with Gasteiger partial charge in [0.05, 0.1) is 5.75 Å². The van der Waals surface area contributed by atoms with Crippen molar-refractivity contribution in [1.82, 2.24) is 5.32 Å². The fraction of sp³-hybridized carbons (Fsp3) is 0.385. The van der Waals surface area contributed by atoms with Gasteiger partial charge in [0.25, 0.3) is 0 Å². The van der Waals surface area contributed by atoms with Crippen molar-refractivity contribution < 1.29 is 19.1 Å². The third kappa shape index (κ3) is 4.24. The van der Waals surface area contributed by atoms with E-state index in [2.05, 4.69) is 5.32 Å². The van der Waals surface area contributed by atoms with Gasteiger partial charge in [-0.1, -0.05) is 19.1 Å². The Hall–Kier alpha value is -1.56. The maximum Gasteiger partial charge on any atom is 0.329 e. The van der Waals surface area contributed by atoms with E-state index in [-0.39, 0.29) is 12.2 Å². The molecule has 0 bridgehead atoms. The van der Waals surface area contributed by atoms with Crippen LogP contribution in [0.25, 0.3) is 0 Å². The molecule has 0 saturated heterocycles. The number of amides is 1. The van der Waals surface area contributed by atoms with Crippen molar-refractivity contribution in [3.63, 3.8) is 0 Å². The van der Waals surface area contributed by atoms with Gasteiger partial charge < -0.3 is 10.4 Å². The number of carbonyl (C=O) groups is 2. The molecule has 1 aromatic rings. The minimum Gasteiger partial charge on any atom is -0.480 e. The molecule has 0 aromatic heterocycles. The number of hydrogen-bond acceptors (Lipinski definition) is 3. The summed E-state index contributed by atoms with van der Waals surface area (Å²) in [5, 5.41) is 11.5. The van der Waals surface area contributed by atoms with Crippen LogP contribution < -0.4 is 5.32 Å². The van der Waals surface area contributed by atoms with E-state index >= 15 is 0 Å². The molecule has 0 saturated carbocycles. The third-order valence-corrected chi connectivity index (χ3v) is 3.84. The number of benzene rings is 1. The molecular weight excluding hydrogens is 269 g/mol. The maximum atomic E-state index is 13.3. The van der Waals surface area contributed by atoms with Gasteiger partial charge in [0.15, 0.2) is 0 Å². The number of carboxylic acids is 1. The summed E-state index contributed by atoms with van der Waals surface area (Å²) in [6, 6.07) is 6.13. The molecule has 1 amide bonds. The van der Waals surface area contributed by atoms with E-state index in [0.29, 0.717) is 4.90 Å². The van der Waals surface area contributed by atoms with E-state index in [0.717, 1.165) is 11.8 Å². The third-order valence-electron chi connectivity index (χ3n) is 2.79. The number of hydrogen-bond donors (Lipinski definition) is 2. The van der Waals surface area contributed by atoms with Gasteiger partial charge in [0.2, 0.25) is 5.91 Å². The molecule has 0 aliphatic heterocycles. The highest BCUT2D eigenvalue weighted by atomic mass is 32.2. The van der Waals surface area contributed by atoms with Crippen LogP contribution in [0.4, 0.5) is 4.39 Å². The van der Waals surface area contributed by atoms with Gasteiger partial charge in [-0.2, -0.15) is 0 Å². The lowest BCUT2D eigenvalue weighted by Gasteiger charge is -2.24. The summed E-state index contributed by atoms with van der Waals surface area (Å²) in [7, 11) is 0. The van der Waals surface area contributed by atoms with Crippen molar-refractivity contribution in [3.8, 4) is 0 Å². The Morgan fingerprint density at radius 3 is 2.58 bits per heavy atom. The number of carbonyl (C=O) groups excluding carboxylic acids is 1. The predicted octanol–water partition coefficient (Wildman–Crippen LogP) is 2.29. The molecule has 1 aromatic carbocycles. The van der Waals surface area contributed by atoms with E-state index in [4.69, 9.17) is 5.11 Å². The van der Waals surface area contributed by atoms with Gasteiger partial charge in [-0.15, -0.1) is 11.8 Å². The molecule has 1 unspecified atom stereocenters. The van der Waals surface area contributed by atoms with Crippen LogP contribution in [0.15, 0.2) is 29.2 Å². The lowest BCUT2D eigenvalue weighted by Crippen LogP contribution is -2.52. The van der Waals surface area contributed by atoms with Crippen molar-refractivity contribution in [2.24, 2.45) is 0 Å². The molecule has 2 N–H and O–H groups in total. The van der Waals surface area contributed by atoms with Crippen LogP contribution in [0.2, 0.25) is 0 Å². The minimum absolute atomic E-state index is 0.0240. The SMILES string of the molecule is CCC(C)(NC(=O)CSc1ccccc1F)C(=O)O. The summed E-state index contributed by atoms with van der Waals surface area (Å²) < 4.78 is 13.3. The van der Waals surface area contributed by atoms with Gasteiger partial charge in [-0.3, -0.25) is 4.79 Å². The zero-order valence-corrected chi connectivity index (χ0v) is 11.6. The molecule has 0 heterocycles. The van der Waals surface area contributed by atoms with E-state index in [1.165, 1.54) is 13.0 Å². The molecule has 0 aliphatic carbocycles. The van der Waals surface area contributed by atoms with Crippen LogP contribution in [-0.2, 0) is 9.59 Å². The Labute approximate surface area is 115 Å².